The van der Waals surface area contributed by atoms with Crippen LogP contribution in [-0.4, -0.2) is 69.6 Å². The summed E-state index contributed by atoms with van der Waals surface area (Å²) in [7, 11) is 4.67. The Morgan fingerprint density at radius 2 is 1.53 bits per heavy atom. The van der Waals surface area contributed by atoms with Gasteiger partial charge >= 0.3 is 0 Å². The summed E-state index contributed by atoms with van der Waals surface area (Å²) in [5.41, 5.74) is 3.25. The summed E-state index contributed by atoms with van der Waals surface area (Å²) in [6.07, 6.45) is 0.469. The van der Waals surface area contributed by atoms with Crippen LogP contribution in [0, 0.1) is 6.92 Å². The summed E-state index contributed by atoms with van der Waals surface area (Å²) >= 11 is 0. The van der Waals surface area contributed by atoms with Crippen LogP contribution in [0.3, 0.4) is 0 Å². The van der Waals surface area contributed by atoms with Gasteiger partial charge in [-0.2, -0.15) is 0 Å². The van der Waals surface area contributed by atoms with Crippen molar-refractivity contribution >= 4 is 5.78 Å². The number of aryl methyl sites for hydroxylation is 1. The third-order valence-electron chi connectivity index (χ3n) is 5.60. The Morgan fingerprint density at radius 3 is 2.10 bits per heavy atom. The molecular formula is C24H32N2O4. The van der Waals surface area contributed by atoms with Gasteiger partial charge in [0.05, 0.1) is 21.3 Å². The second-order valence-corrected chi connectivity index (χ2v) is 7.69. The van der Waals surface area contributed by atoms with Crippen LogP contribution in [-0.2, 0) is 6.54 Å². The summed E-state index contributed by atoms with van der Waals surface area (Å²) in [6.45, 7) is 7.88. The van der Waals surface area contributed by atoms with Gasteiger partial charge < -0.3 is 19.1 Å². The number of Topliss-reactive ketones (excluding diaryl/α,β-unsaturated/α-hetero) is 1. The maximum atomic E-state index is 12.8. The Bertz CT molecular complexity index is 835. The predicted molar refractivity (Wildman–Crippen MR) is 118 cm³/mol. The van der Waals surface area contributed by atoms with Crippen molar-refractivity contribution in [2.45, 2.75) is 19.9 Å². The molecule has 0 spiro atoms. The van der Waals surface area contributed by atoms with E-state index in [2.05, 4.69) is 41.0 Å². The Morgan fingerprint density at radius 1 is 0.900 bits per heavy atom. The highest BCUT2D eigenvalue weighted by Gasteiger charge is 2.20. The lowest BCUT2D eigenvalue weighted by atomic mass is 10.1. The van der Waals surface area contributed by atoms with Gasteiger partial charge in [-0.05, 0) is 24.6 Å². The van der Waals surface area contributed by atoms with Crippen molar-refractivity contribution in [3.63, 3.8) is 0 Å². The molecule has 3 rings (SSSR count). The van der Waals surface area contributed by atoms with E-state index in [9.17, 15) is 4.79 Å². The minimum Gasteiger partial charge on any atom is -0.493 e. The Balaban J connectivity index is 1.51. The largest absolute Gasteiger partial charge is 0.493 e. The number of nitrogens with zero attached hydrogens (tertiary/aromatic N) is 2. The molecule has 1 fully saturated rings. The van der Waals surface area contributed by atoms with E-state index in [1.165, 1.54) is 11.1 Å². The van der Waals surface area contributed by atoms with E-state index in [0.29, 0.717) is 29.2 Å². The van der Waals surface area contributed by atoms with Gasteiger partial charge in [-0.3, -0.25) is 9.69 Å². The van der Waals surface area contributed by atoms with E-state index in [4.69, 9.17) is 14.2 Å². The topological polar surface area (TPSA) is 51.2 Å². The van der Waals surface area contributed by atoms with Crippen molar-refractivity contribution in [3.8, 4) is 17.2 Å². The second kappa shape index (κ2) is 10.5. The normalized spacial score (nSPS) is 15.1. The van der Waals surface area contributed by atoms with Crippen LogP contribution in [0.15, 0.2) is 36.4 Å². The van der Waals surface area contributed by atoms with Gasteiger partial charge in [0.1, 0.15) is 0 Å². The molecule has 0 saturated carbocycles. The van der Waals surface area contributed by atoms with E-state index in [-0.39, 0.29) is 5.78 Å². The molecule has 0 radical (unpaired) electrons. The Kier molecular flexibility index (Phi) is 7.71. The molecule has 1 aliphatic rings. The molecule has 0 unspecified atom stereocenters. The molecule has 2 aromatic carbocycles. The number of hydrogen-bond acceptors (Lipinski definition) is 6. The van der Waals surface area contributed by atoms with Gasteiger partial charge in [-0.25, -0.2) is 0 Å². The van der Waals surface area contributed by atoms with Gasteiger partial charge in [-0.15, -0.1) is 0 Å². The van der Waals surface area contributed by atoms with Crippen LogP contribution >= 0.6 is 0 Å². The van der Waals surface area contributed by atoms with Crippen LogP contribution in [0.25, 0.3) is 0 Å². The molecule has 2 aromatic rings. The fourth-order valence-corrected chi connectivity index (χ4v) is 3.89. The monoisotopic (exact) mass is 412 g/mol. The highest BCUT2D eigenvalue weighted by Crippen LogP contribution is 2.38. The molecule has 6 nitrogen and oxygen atoms in total. The molecular weight excluding hydrogens is 380 g/mol. The van der Waals surface area contributed by atoms with Crippen LogP contribution < -0.4 is 14.2 Å². The first-order valence-corrected chi connectivity index (χ1v) is 10.4. The number of carbonyl (C=O) groups is 1. The molecule has 30 heavy (non-hydrogen) atoms. The van der Waals surface area contributed by atoms with Crippen molar-refractivity contribution in [2.24, 2.45) is 0 Å². The summed E-state index contributed by atoms with van der Waals surface area (Å²) in [5, 5.41) is 0. The van der Waals surface area contributed by atoms with E-state index in [0.717, 1.165) is 39.3 Å². The minimum absolute atomic E-state index is 0.0800. The van der Waals surface area contributed by atoms with Crippen molar-refractivity contribution < 1.29 is 19.0 Å². The number of methoxy groups -OCH3 is 3. The molecule has 0 amide bonds. The Hall–Kier alpha value is -2.57. The molecule has 0 N–H and O–H groups in total. The molecule has 1 saturated heterocycles. The first-order chi connectivity index (χ1) is 14.5. The lowest BCUT2D eigenvalue weighted by Crippen LogP contribution is -2.46. The molecule has 1 heterocycles. The lowest BCUT2D eigenvalue weighted by molar-refractivity contribution is 0.0922. The summed E-state index contributed by atoms with van der Waals surface area (Å²) in [4.78, 5) is 17.6. The molecule has 162 valence electrons. The fourth-order valence-electron chi connectivity index (χ4n) is 3.89. The van der Waals surface area contributed by atoms with Gasteiger partial charge in [0.15, 0.2) is 17.3 Å². The van der Waals surface area contributed by atoms with E-state index in [1.54, 1.807) is 33.5 Å². The third-order valence-corrected chi connectivity index (χ3v) is 5.60. The lowest BCUT2D eigenvalue weighted by Gasteiger charge is -2.34. The molecule has 0 bridgehead atoms. The van der Waals surface area contributed by atoms with E-state index >= 15 is 0 Å². The quantitative estimate of drug-likeness (QED) is 0.589. The van der Waals surface area contributed by atoms with Crippen molar-refractivity contribution in [1.29, 1.82) is 0 Å². The highest BCUT2D eigenvalue weighted by molar-refractivity contribution is 5.97. The van der Waals surface area contributed by atoms with Crippen molar-refractivity contribution in [2.75, 3.05) is 54.1 Å². The maximum absolute atomic E-state index is 12.8. The van der Waals surface area contributed by atoms with Crippen molar-refractivity contribution in [1.82, 2.24) is 9.80 Å². The number of ketones is 1. The van der Waals surface area contributed by atoms with Crippen LogP contribution in [0.1, 0.15) is 27.9 Å². The summed E-state index contributed by atoms with van der Waals surface area (Å²) in [6, 6.07) is 12.1. The number of benzene rings is 2. The Labute approximate surface area is 179 Å². The van der Waals surface area contributed by atoms with Gasteiger partial charge in [-0.1, -0.05) is 29.8 Å². The van der Waals surface area contributed by atoms with Crippen LogP contribution in [0.4, 0.5) is 0 Å². The zero-order valence-electron chi connectivity index (χ0n) is 18.4. The average molecular weight is 413 g/mol. The summed E-state index contributed by atoms with van der Waals surface area (Å²) in [5.74, 6) is 1.59. The SMILES string of the molecule is COc1cc(C(=O)CCN2CCN(Cc3cccc(C)c3)CC2)cc(OC)c1OC. The maximum Gasteiger partial charge on any atom is 0.203 e. The molecule has 0 atom stereocenters. The number of ether oxygens (including phenoxy) is 3. The second-order valence-electron chi connectivity index (χ2n) is 7.69. The van der Waals surface area contributed by atoms with E-state index < -0.39 is 0 Å². The zero-order valence-corrected chi connectivity index (χ0v) is 18.4. The molecule has 0 aromatic heterocycles. The minimum atomic E-state index is 0.0800. The fraction of sp³-hybridized carbons (Fsp3) is 0.458. The standard InChI is InChI=1S/C24H32N2O4/c1-18-6-5-7-19(14-18)17-26-12-10-25(11-13-26)9-8-21(27)20-15-22(28-2)24(30-4)23(16-20)29-3/h5-7,14-16H,8-13,17H2,1-4H3. The molecule has 1 aliphatic heterocycles. The smallest absolute Gasteiger partial charge is 0.203 e. The van der Waals surface area contributed by atoms with Gasteiger partial charge in [0.2, 0.25) is 5.75 Å². The predicted octanol–water partition coefficient (Wildman–Crippen LogP) is 3.41. The molecule has 6 heteroatoms. The number of carbonyl (C=O) groups excluding carboxylic acids is 1. The number of rotatable bonds is 9. The zero-order chi connectivity index (χ0) is 21.5. The number of piperazine rings is 1. The van der Waals surface area contributed by atoms with Crippen LogP contribution in [0.5, 0.6) is 17.2 Å². The van der Waals surface area contributed by atoms with Gasteiger partial charge in [0.25, 0.3) is 0 Å². The van der Waals surface area contributed by atoms with Crippen molar-refractivity contribution in [3.05, 3.63) is 53.1 Å². The number of hydrogen-bond donors (Lipinski definition) is 0. The van der Waals surface area contributed by atoms with E-state index in [1.807, 2.05) is 0 Å². The first-order valence-electron chi connectivity index (χ1n) is 10.4. The first kappa shape index (κ1) is 22.1. The third kappa shape index (κ3) is 5.52. The summed E-state index contributed by atoms with van der Waals surface area (Å²) < 4.78 is 16.1. The molecule has 0 aliphatic carbocycles. The average Bonchev–Trinajstić information content (AvgIpc) is 2.77. The highest BCUT2D eigenvalue weighted by atomic mass is 16.5. The van der Waals surface area contributed by atoms with Gasteiger partial charge in [0, 0.05) is 51.3 Å². The van der Waals surface area contributed by atoms with Crippen LogP contribution in [0.2, 0.25) is 0 Å².